The topological polar surface area (TPSA) is 128 Å². The van der Waals surface area contributed by atoms with Crippen molar-refractivity contribution in [2.45, 2.75) is 18.4 Å². The van der Waals surface area contributed by atoms with Crippen LogP contribution in [-0.2, 0) is 23.6 Å². The molecule has 0 spiro atoms. The fourth-order valence-electron chi connectivity index (χ4n) is 2.38. The first-order chi connectivity index (χ1) is 11.9. The van der Waals surface area contributed by atoms with E-state index in [4.69, 9.17) is 5.14 Å². The van der Waals surface area contributed by atoms with E-state index in [2.05, 4.69) is 25.7 Å². The van der Waals surface area contributed by atoms with Crippen molar-refractivity contribution in [3.63, 3.8) is 0 Å². The second kappa shape index (κ2) is 6.65. The Balaban J connectivity index is 1.85. The molecule has 9 nitrogen and oxygen atoms in total. The number of benzene rings is 1. The molecule has 0 aliphatic rings. The monoisotopic (exact) mass is 361 g/mol. The minimum absolute atomic E-state index is 0.0855. The van der Waals surface area contributed by atoms with Crippen LogP contribution < -0.4 is 15.8 Å². The minimum Gasteiger partial charge on any atom is -0.365 e. The van der Waals surface area contributed by atoms with Gasteiger partial charge < -0.3 is 10.6 Å². The van der Waals surface area contributed by atoms with Gasteiger partial charge in [-0.1, -0.05) is 12.1 Å². The van der Waals surface area contributed by atoms with E-state index < -0.39 is 10.0 Å². The smallest absolute Gasteiger partial charge is 0.238 e. The first-order valence-electron chi connectivity index (χ1n) is 7.67. The molecule has 0 bridgehead atoms. The van der Waals surface area contributed by atoms with Gasteiger partial charge in [0.25, 0.3) is 0 Å². The lowest BCUT2D eigenvalue weighted by Gasteiger charge is -2.10. The molecule has 0 aliphatic carbocycles. The van der Waals surface area contributed by atoms with Crippen LogP contribution in [0.1, 0.15) is 12.5 Å². The standard InChI is InChI=1S/C15H19N7O2S/c1-3-17-15-20-13(12-9-19-22(2)14(12)21-15)18-8-10-4-6-11(7-5-10)25(16,23)24/h4-7,9H,3,8H2,1-2H3,(H2,16,23,24)(H2,17,18,20,21). The van der Waals surface area contributed by atoms with E-state index in [1.807, 2.05) is 14.0 Å². The molecule has 3 aromatic rings. The van der Waals surface area contributed by atoms with Gasteiger partial charge in [0.05, 0.1) is 16.5 Å². The van der Waals surface area contributed by atoms with Crippen molar-refractivity contribution in [3.05, 3.63) is 36.0 Å². The molecule has 0 amide bonds. The maximum absolute atomic E-state index is 11.3. The Kier molecular flexibility index (Phi) is 4.55. The van der Waals surface area contributed by atoms with Crippen molar-refractivity contribution in [1.29, 1.82) is 0 Å². The zero-order chi connectivity index (χ0) is 18.0. The number of nitrogens with two attached hydrogens (primary N) is 1. The van der Waals surface area contributed by atoms with Crippen LogP contribution in [0.5, 0.6) is 0 Å². The highest BCUT2D eigenvalue weighted by molar-refractivity contribution is 7.89. The van der Waals surface area contributed by atoms with E-state index >= 15 is 0 Å². The molecule has 4 N–H and O–H groups in total. The van der Waals surface area contributed by atoms with Crippen LogP contribution >= 0.6 is 0 Å². The molecule has 10 heteroatoms. The Bertz CT molecular complexity index is 997. The largest absolute Gasteiger partial charge is 0.365 e. The predicted octanol–water partition coefficient (Wildman–Crippen LogP) is 1.05. The Morgan fingerprint density at radius 3 is 2.52 bits per heavy atom. The lowest BCUT2D eigenvalue weighted by molar-refractivity contribution is 0.598. The van der Waals surface area contributed by atoms with E-state index in [-0.39, 0.29) is 4.90 Å². The Hall–Kier alpha value is -2.72. The number of rotatable bonds is 6. The van der Waals surface area contributed by atoms with Crippen molar-refractivity contribution in [2.75, 3.05) is 17.2 Å². The summed E-state index contributed by atoms with van der Waals surface area (Å²) in [7, 11) is -1.86. The van der Waals surface area contributed by atoms with Gasteiger partial charge in [-0.15, -0.1) is 0 Å². The second-order valence-corrected chi connectivity index (χ2v) is 7.04. The summed E-state index contributed by atoms with van der Waals surface area (Å²) in [5.41, 5.74) is 1.62. The molecule has 0 fully saturated rings. The summed E-state index contributed by atoms with van der Waals surface area (Å²) in [5, 5.41) is 16.5. The average Bonchev–Trinajstić information content (AvgIpc) is 2.94. The van der Waals surface area contributed by atoms with Crippen LogP contribution in [0.25, 0.3) is 11.0 Å². The van der Waals surface area contributed by atoms with Gasteiger partial charge in [-0.05, 0) is 24.6 Å². The summed E-state index contributed by atoms with van der Waals surface area (Å²) in [4.78, 5) is 9.00. The summed E-state index contributed by atoms with van der Waals surface area (Å²) in [5.74, 6) is 1.18. The average molecular weight is 361 g/mol. The Morgan fingerprint density at radius 2 is 1.88 bits per heavy atom. The van der Waals surface area contributed by atoms with Gasteiger partial charge in [0.2, 0.25) is 16.0 Å². The third-order valence-electron chi connectivity index (χ3n) is 3.64. The number of primary sulfonamides is 1. The maximum Gasteiger partial charge on any atom is 0.238 e. The third kappa shape index (κ3) is 3.69. The number of aromatic nitrogens is 4. The molecule has 0 radical (unpaired) electrons. The second-order valence-electron chi connectivity index (χ2n) is 5.47. The van der Waals surface area contributed by atoms with Crippen LogP contribution in [-0.4, -0.2) is 34.7 Å². The molecule has 0 saturated heterocycles. The number of hydrogen-bond acceptors (Lipinski definition) is 7. The number of fused-ring (bicyclic) bond motifs is 1. The van der Waals surface area contributed by atoms with Gasteiger partial charge in [-0.2, -0.15) is 15.1 Å². The molecule has 132 valence electrons. The number of nitrogens with one attached hydrogen (secondary N) is 2. The zero-order valence-corrected chi connectivity index (χ0v) is 14.7. The summed E-state index contributed by atoms with van der Waals surface area (Å²) in [6, 6.07) is 6.38. The van der Waals surface area contributed by atoms with Crippen LogP contribution in [0, 0.1) is 0 Å². The quantitative estimate of drug-likeness (QED) is 0.599. The number of sulfonamides is 1. The predicted molar refractivity (Wildman–Crippen MR) is 95.6 cm³/mol. The van der Waals surface area contributed by atoms with Crippen molar-refractivity contribution >= 4 is 32.8 Å². The molecule has 2 heterocycles. The summed E-state index contributed by atoms with van der Waals surface area (Å²) < 4.78 is 24.3. The highest BCUT2D eigenvalue weighted by atomic mass is 32.2. The van der Waals surface area contributed by atoms with E-state index in [0.29, 0.717) is 24.9 Å². The third-order valence-corrected chi connectivity index (χ3v) is 4.57. The Labute approximate surface area is 145 Å². The molecule has 3 rings (SSSR count). The Morgan fingerprint density at radius 1 is 1.16 bits per heavy atom. The fraction of sp³-hybridized carbons (Fsp3) is 0.267. The summed E-state index contributed by atoms with van der Waals surface area (Å²) >= 11 is 0. The normalized spacial score (nSPS) is 11.6. The van der Waals surface area contributed by atoms with Gasteiger partial charge in [0.1, 0.15) is 5.82 Å². The molecular formula is C15H19N7O2S. The van der Waals surface area contributed by atoms with Gasteiger partial charge in [-0.3, -0.25) is 4.68 Å². The van der Waals surface area contributed by atoms with Gasteiger partial charge in [0.15, 0.2) is 5.65 Å². The molecule has 0 aliphatic heterocycles. The lowest BCUT2D eigenvalue weighted by Crippen LogP contribution is -2.12. The number of anilines is 2. The molecule has 0 saturated carbocycles. The maximum atomic E-state index is 11.3. The van der Waals surface area contributed by atoms with E-state index in [9.17, 15) is 8.42 Å². The first kappa shape index (κ1) is 17.1. The number of nitrogens with zero attached hydrogens (tertiary/aromatic N) is 4. The van der Waals surface area contributed by atoms with Crippen molar-refractivity contribution in [2.24, 2.45) is 12.2 Å². The molecule has 25 heavy (non-hydrogen) atoms. The molecular weight excluding hydrogens is 342 g/mol. The van der Waals surface area contributed by atoms with E-state index in [1.165, 1.54) is 12.1 Å². The van der Waals surface area contributed by atoms with Gasteiger partial charge >= 0.3 is 0 Å². The van der Waals surface area contributed by atoms with Crippen LogP contribution in [0.3, 0.4) is 0 Å². The highest BCUT2D eigenvalue weighted by Gasteiger charge is 2.11. The molecule has 0 atom stereocenters. The van der Waals surface area contributed by atoms with Crippen LogP contribution in [0.2, 0.25) is 0 Å². The van der Waals surface area contributed by atoms with Crippen molar-refractivity contribution in [3.8, 4) is 0 Å². The molecule has 0 unspecified atom stereocenters. The number of hydrogen-bond donors (Lipinski definition) is 3. The summed E-state index contributed by atoms with van der Waals surface area (Å²) in [6.45, 7) is 3.15. The molecule has 2 aromatic heterocycles. The first-order valence-corrected chi connectivity index (χ1v) is 9.22. The minimum atomic E-state index is -3.68. The fourth-order valence-corrected chi connectivity index (χ4v) is 2.89. The highest BCUT2D eigenvalue weighted by Crippen LogP contribution is 2.22. The SMILES string of the molecule is CCNc1nc(NCc2ccc(S(N)(=O)=O)cc2)c2cnn(C)c2n1. The van der Waals surface area contributed by atoms with Gasteiger partial charge in [-0.25, -0.2) is 13.6 Å². The van der Waals surface area contributed by atoms with Crippen LogP contribution in [0.15, 0.2) is 35.4 Å². The summed E-state index contributed by atoms with van der Waals surface area (Å²) in [6.07, 6.45) is 1.71. The molecule has 1 aromatic carbocycles. The zero-order valence-electron chi connectivity index (χ0n) is 13.9. The number of aryl methyl sites for hydroxylation is 1. The van der Waals surface area contributed by atoms with Gasteiger partial charge in [0, 0.05) is 20.1 Å². The lowest BCUT2D eigenvalue weighted by atomic mass is 10.2. The van der Waals surface area contributed by atoms with E-state index in [1.54, 1.807) is 23.0 Å². The van der Waals surface area contributed by atoms with Crippen LogP contribution in [0.4, 0.5) is 11.8 Å². The van der Waals surface area contributed by atoms with Crippen molar-refractivity contribution < 1.29 is 8.42 Å². The van der Waals surface area contributed by atoms with Crippen molar-refractivity contribution in [1.82, 2.24) is 19.7 Å². The van der Waals surface area contributed by atoms with E-state index in [0.717, 1.165) is 16.6 Å².